The summed E-state index contributed by atoms with van der Waals surface area (Å²) >= 11 is 0. The van der Waals surface area contributed by atoms with Gasteiger partial charge in [0.25, 0.3) is 0 Å². The monoisotopic (exact) mass is 257 g/mol. The molecule has 18 heavy (non-hydrogen) atoms. The fraction of sp³-hybridized carbons (Fsp3) is 0.923. The van der Waals surface area contributed by atoms with Crippen molar-refractivity contribution in [3.05, 3.63) is 0 Å². The molecule has 1 amide bonds. The Morgan fingerprint density at radius 3 is 2.44 bits per heavy atom. The van der Waals surface area contributed by atoms with Gasteiger partial charge in [-0.25, -0.2) is 0 Å². The van der Waals surface area contributed by atoms with E-state index in [2.05, 4.69) is 5.32 Å². The average Bonchev–Trinajstić information content (AvgIpc) is 2.55. The van der Waals surface area contributed by atoms with E-state index < -0.39 is 12.2 Å². The molecule has 1 heterocycles. The van der Waals surface area contributed by atoms with Crippen LogP contribution in [0.3, 0.4) is 0 Å². The SMILES string of the molecule is O=C(N[C@@H]1CCCC[C@@H](O)[C@@H]1O)C1CCOCC1. The molecular formula is C13H23NO4. The van der Waals surface area contributed by atoms with Gasteiger partial charge >= 0.3 is 0 Å². The highest BCUT2D eigenvalue weighted by atomic mass is 16.5. The van der Waals surface area contributed by atoms with Crippen molar-refractivity contribution >= 4 is 5.91 Å². The summed E-state index contributed by atoms with van der Waals surface area (Å²) in [6, 6.07) is -0.308. The maximum Gasteiger partial charge on any atom is 0.223 e. The van der Waals surface area contributed by atoms with Gasteiger partial charge in [-0.3, -0.25) is 4.79 Å². The molecule has 1 aliphatic carbocycles. The van der Waals surface area contributed by atoms with Crippen LogP contribution in [0.5, 0.6) is 0 Å². The Morgan fingerprint density at radius 1 is 1.06 bits per heavy atom. The van der Waals surface area contributed by atoms with Crippen molar-refractivity contribution in [1.82, 2.24) is 5.32 Å². The zero-order valence-electron chi connectivity index (χ0n) is 10.7. The van der Waals surface area contributed by atoms with Crippen molar-refractivity contribution in [1.29, 1.82) is 0 Å². The van der Waals surface area contributed by atoms with Crippen LogP contribution in [0.2, 0.25) is 0 Å². The Bertz CT molecular complexity index is 278. The van der Waals surface area contributed by atoms with Crippen molar-refractivity contribution in [3.8, 4) is 0 Å². The Morgan fingerprint density at radius 2 is 1.72 bits per heavy atom. The van der Waals surface area contributed by atoms with Crippen LogP contribution in [0.25, 0.3) is 0 Å². The van der Waals surface area contributed by atoms with Crippen molar-refractivity contribution in [3.63, 3.8) is 0 Å². The Hall–Kier alpha value is -0.650. The lowest BCUT2D eigenvalue weighted by atomic mass is 9.97. The first-order chi connectivity index (χ1) is 8.68. The Labute approximate surface area is 108 Å². The molecule has 1 saturated heterocycles. The van der Waals surface area contributed by atoms with E-state index in [1.807, 2.05) is 0 Å². The largest absolute Gasteiger partial charge is 0.390 e. The van der Waals surface area contributed by atoms with E-state index in [-0.39, 0.29) is 17.9 Å². The summed E-state index contributed by atoms with van der Waals surface area (Å²) in [6.07, 6.45) is 3.14. The number of ether oxygens (including phenoxy) is 1. The molecule has 5 heteroatoms. The minimum Gasteiger partial charge on any atom is -0.390 e. The van der Waals surface area contributed by atoms with Gasteiger partial charge in [0.1, 0.15) is 0 Å². The molecule has 0 aromatic heterocycles. The zero-order valence-corrected chi connectivity index (χ0v) is 10.7. The highest BCUT2D eigenvalue weighted by molar-refractivity contribution is 5.79. The predicted molar refractivity (Wildman–Crippen MR) is 66.0 cm³/mol. The van der Waals surface area contributed by atoms with Crippen LogP contribution in [0.15, 0.2) is 0 Å². The highest BCUT2D eigenvalue weighted by Crippen LogP contribution is 2.20. The minimum absolute atomic E-state index is 0.00329. The Kier molecular flexibility index (Phi) is 4.97. The fourth-order valence-corrected chi connectivity index (χ4v) is 2.75. The normalized spacial score (nSPS) is 34.9. The van der Waals surface area contributed by atoms with Crippen LogP contribution in [0.1, 0.15) is 38.5 Å². The minimum atomic E-state index is -0.837. The Balaban J connectivity index is 1.88. The first-order valence-electron chi connectivity index (χ1n) is 6.92. The number of nitrogens with one attached hydrogen (secondary N) is 1. The lowest BCUT2D eigenvalue weighted by molar-refractivity contribution is -0.130. The number of amides is 1. The molecule has 0 aromatic rings. The first kappa shape index (κ1) is 13.8. The molecular weight excluding hydrogens is 234 g/mol. The van der Waals surface area contributed by atoms with E-state index in [4.69, 9.17) is 4.74 Å². The fourth-order valence-electron chi connectivity index (χ4n) is 2.75. The van der Waals surface area contributed by atoms with Gasteiger partial charge in [-0.15, -0.1) is 0 Å². The third-order valence-electron chi connectivity index (χ3n) is 3.99. The smallest absolute Gasteiger partial charge is 0.223 e. The first-order valence-corrected chi connectivity index (χ1v) is 6.92. The van der Waals surface area contributed by atoms with Crippen molar-refractivity contribution < 1.29 is 19.7 Å². The second-order valence-electron chi connectivity index (χ2n) is 5.34. The molecule has 0 aromatic carbocycles. The summed E-state index contributed by atoms with van der Waals surface area (Å²) in [5.41, 5.74) is 0. The lowest BCUT2D eigenvalue weighted by Crippen LogP contribution is -2.49. The van der Waals surface area contributed by atoms with Crippen molar-refractivity contribution in [2.24, 2.45) is 5.92 Å². The van der Waals surface area contributed by atoms with Crippen LogP contribution in [-0.2, 0) is 9.53 Å². The van der Waals surface area contributed by atoms with Crippen LogP contribution in [-0.4, -0.2) is 47.6 Å². The molecule has 0 spiro atoms. The molecule has 0 unspecified atom stereocenters. The van der Waals surface area contributed by atoms with Crippen molar-refractivity contribution in [2.75, 3.05) is 13.2 Å². The maximum atomic E-state index is 12.1. The van der Waals surface area contributed by atoms with Crippen LogP contribution in [0.4, 0.5) is 0 Å². The molecule has 2 fully saturated rings. The number of carbonyl (C=O) groups is 1. The highest BCUT2D eigenvalue weighted by Gasteiger charge is 2.31. The van der Waals surface area contributed by atoms with E-state index in [0.29, 0.717) is 19.6 Å². The molecule has 1 saturated carbocycles. The second-order valence-corrected chi connectivity index (χ2v) is 5.34. The van der Waals surface area contributed by atoms with E-state index in [1.54, 1.807) is 0 Å². The summed E-state index contributed by atoms with van der Waals surface area (Å²) in [7, 11) is 0. The summed E-state index contributed by atoms with van der Waals surface area (Å²) in [5, 5.41) is 22.6. The second kappa shape index (κ2) is 6.50. The van der Waals surface area contributed by atoms with Gasteiger partial charge in [0.05, 0.1) is 18.2 Å². The van der Waals surface area contributed by atoms with Gasteiger partial charge in [-0.2, -0.15) is 0 Å². The summed E-state index contributed by atoms with van der Waals surface area (Å²) in [6.45, 7) is 1.27. The van der Waals surface area contributed by atoms with Gasteiger partial charge in [-0.1, -0.05) is 12.8 Å². The molecule has 2 aliphatic rings. The number of hydrogen-bond acceptors (Lipinski definition) is 4. The molecule has 5 nitrogen and oxygen atoms in total. The molecule has 2 rings (SSSR count). The van der Waals surface area contributed by atoms with E-state index in [1.165, 1.54) is 0 Å². The number of rotatable bonds is 2. The van der Waals surface area contributed by atoms with Gasteiger partial charge in [-0.05, 0) is 25.7 Å². The summed E-state index contributed by atoms with van der Waals surface area (Å²) in [4.78, 5) is 12.1. The molecule has 1 aliphatic heterocycles. The summed E-state index contributed by atoms with van der Waals surface area (Å²) in [5.74, 6) is -0.0113. The number of aliphatic hydroxyl groups excluding tert-OH is 2. The molecule has 3 N–H and O–H groups in total. The van der Waals surface area contributed by atoms with Crippen LogP contribution < -0.4 is 5.32 Å². The maximum absolute atomic E-state index is 12.1. The quantitative estimate of drug-likeness (QED) is 0.617. The molecule has 0 radical (unpaired) electrons. The number of hydrogen-bond donors (Lipinski definition) is 3. The number of aliphatic hydroxyl groups is 2. The zero-order chi connectivity index (χ0) is 13.0. The topological polar surface area (TPSA) is 78.8 Å². The van der Waals surface area contributed by atoms with Crippen LogP contribution >= 0.6 is 0 Å². The van der Waals surface area contributed by atoms with Crippen LogP contribution in [0, 0.1) is 5.92 Å². The van der Waals surface area contributed by atoms with E-state index in [0.717, 1.165) is 32.1 Å². The average molecular weight is 257 g/mol. The number of carbonyl (C=O) groups excluding carboxylic acids is 1. The predicted octanol–water partition coefficient (Wildman–Crippen LogP) is 0.194. The molecule has 104 valence electrons. The van der Waals surface area contributed by atoms with Gasteiger partial charge in [0, 0.05) is 19.1 Å². The van der Waals surface area contributed by atoms with Crippen molar-refractivity contribution in [2.45, 2.75) is 56.8 Å². The third-order valence-corrected chi connectivity index (χ3v) is 3.99. The molecule has 0 bridgehead atoms. The summed E-state index contributed by atoms with van der Waals surface area (Å²) < 4.78 is 5.23. The third kappa shape index (κ3) is 3.43. The lowest BCUT2D eigenvalue weighted by Gasteiger charge is -2.28. The van der Waals surface area contributed by atoms with Gasteiger partial charge < -0.3 is 20.3 Å². The molecule has 3 atom stereocenters. The van der Waals surface area contributed by atoms with E-state index in [9.17, 15) is 15.0 Å². The van der Waals surface area contributed by atoms with Gasteiger partial charge in [0.15, 0.2) is 0 Å². The van der Waals surface area contributed by atoms with E-state index >= 15 is 0 Å². The van der Waals surface area contributed by atoms with Gasteiger partial charge in [0.2, 0.25) is 5.91 Å². The standard InChI is InChI=1S/C13H23NO4/c15-11-4-2-1-3-10(12(11)16)14-13(17)9-5-7-18-8-6-9/h9-12,15-16H,1-8H2,(H,14,17)/t10-,11-,12-/m1/s1.